The third-order valence-corrected chi connectivity index (χ3v) is 7.57. The van der Waals surface area contributed by atoms with Crippen LogP contribution < -0.4 is 15.0 Å². The van der Waals surface area contributed by atoms with E-state index in [2.05, 4.69) is 38.7 Å². The van der Waals surface area contributed by atoms with Crippen LogP contribution in [-0.4, -0.2) is 81.1 Å². The van der Waals surface area contributed by atoms with Crippen LogP contribution in [0.25, 0.3) is 0 Å². The molecule has 1 aromatic carbocycles. The van der Waals surface area contributed by atoms with Gasteiger partial charge in [0.1, 0.15) is 5.75 Å². The van der Waals surface area contributed by atoms with Gasteiger partial charge in [-0.25, -0.2) is 0 Å². The first-order chi connectivity index (χ1) is 16.1. The normalized spacial score (nSPS) is 17.7. The summed E-state index contributed by atoms with van der Waals surface area (Å²) < 4.78 is 5.23. The van der Waals surface area contributed by atoms with E-state index in [0.717, 1.165) is 64.3 Å². The largest absolute Gasteiger partial charge is 0.497 e. The molecule has 2 fully saturated rings. The van der Waals surface area contributed by atoms with Crippen LogP contribution in [0.15, 0.2) is 41.8 Å². The lowest BCUT2D eigenvalue weighted by Crippen LogP contribution is -2.52. The average Bonchev–Trinajstić information content (AvgIpc) is 3.38. The minimum atomic E-state index is 0.0627. The summed E-state index contributed by atoms with van der Waals surface area (Å²) >= 11 is 1.73. The molecule has 2 aliphatic rings. The van der Waals surface area contributed by atoms with E-state index in [-0.39, 0.29) is 17.7 Å². The predicted octanol–water partition coefficient (Wildman–Crippen LogP) is 2.48. The van der Waals surface area contributed by atoms with Crippen molar-refractivity contribution in [1.82, 2.24) is 15.1 Å². The van der Waals surface area contributed by atoms with Gasteiger partial charge in [0.2, 0.25) is 11.8 Å². The van der Waals surface area contributed by atoms with Gasteiger partial charge in [0.05, 0.1) is 13.7 Å². The van der Waals surface area contributed by atoms with Crippen molar-refractivity contribution >= 4 is 28.8 Å². The molecule has 2 saturated heterocycles. The Morgan fingerprint density at radius 3 is 2.39 bits per heavy atom. The molecule has 0 atom stereocenters. The van der Waals surface area contributed by atoms with E-state index in [1.54, 1.807) is 18.4 Å². The highest BCUT2D eigenvalue weighted by atomic mass is 32.1. The second kappa shape index (κ2) is 11.5. The first kappa shape index (κ1) is 23.6. The molecule has 2 amide bonds. The molecule has 8 heteroatoms. The minimum Gasteiger partial charge on any atom is -0.497 e. The fraction of sp³-hybridized carbons (Fsp3) is 0.520. The molecule has 4 rings (SSSR count). The minimum absolute atomic E-state index is 0.0627. The highest BCUT2D eigenvalue weighted by Gasteiger charge is 2.28. The number of likely N-dealkylation sites (tertiary alicyclic amines) is 1. The van der Waals surface area contributed by atoms with Gasteiger partial charge in [-0.1, -0.05) is 6.07 Å². The van der Waals surface area contributed by atoms with E-state index >= 15 is 0 Å². The number of carbonyl (C=O) groups excluding carboxylic acids is 2. The average molecular weight is 471 g/mol. The molecular weight excluding hydrogens is 436 g/mol. The van der Waals surface area contributed by atoms with Gasteiger partial charge in [-0.2, -0.15) is 0 Å². The fourth-order valence-corrected chi connectivity index (χ4v) is 5.27. The number of nitrogens with one attached hydrogen (secondary N) is 1. The maximum atomic E-state index is 12.8. The van der Waals surface area contributed by atoms with Crippen LogP contribution in [0.1, 0.15) is 17.7 Å². The number of methoxy groups -OCH3 is 1. The van der Waals surface area contributed by atoms with Gasteiger partial charge in [0, 0.05) is 49.2 Å². The number of piperidine rings is 1. The summed E-state index contributed by atoms with van der Waals surface area (Å²) in [6, 6.07) is 12.2. The third-order valence-electron chi connectivity index (χ3n) is 6.64. The van der Waals surface area contributed by atoms with Gasteiger partial charge >= 0.3 is 0 Å². The van der Waals surface area contributed by atoms with Gasteiger partial charge in [0.15, 0.2) is 0 Å². The Balaban J connectivity index is 1.14. The Hall–Kier alpha value is -2.58. The Bertz CT molecular complexity index is 887. The van der Waals surface area contributed by atoms with Crippen molar-refractivity contribution in [3.8, 4) is 5.75 Å². The highest BCUT2D eigenvalue weighted by molar-refractivity contribution is 7.09. The zero-order valence-corrected chi connectivity index (χ0v) is 20.2. The number of benzene rings is 1. The molecule has 0 unspecified atom stereocenters. The molecule has 0 radical (unpaired) electrons. The van der Waals surface area contributed by atoms with Crippen LogP contribution >= 0.6 is 11.3 Å². The van der Waals surface area contributed by atoms with Crippen molar-refractivity contribution in [1.29, 1.82) is 0 Å². The number of hydrogen-bond donors (Lipinski definition) is 1. The molecule has 33 heavy (non-hydrogen) atoms. The molecular formula is C25H34N4O3S. The van der Waals surface area contributed by atoms with Gasteiger partial charge in [-0.15, -0.1) is 11.3 Å². The smallest absolute Gasteiger partial charge is 0.236 e. The summed E-state index contributed by atoms with van der Waals surface area (Å²) in [5.74, 6) is 1.27. The van der Waals surface area contributed by atoms with Gasteiger partial charge < -0.3 is 19.9 Å². The van der Waals surface area contributed by atoms with E-state index in [0.29, 0.717) is 13.1 Å². The Labute approximate surface area is 200 Å². The first-order valence-electron chi connectivity index (χ1n) is 11.8. The van der Waals surface area contributed by atoms with Crippen LogP contribution in [0, 0.1) is 5.92 Å². The number of ether oxygens (including phenoxy) is 1. The number of anilines is 1. The molecule has 3 heterocycles. The molecule has 1 aromatic heterocycles. The van der Waals surface area contributed by atoms with Crippen molar-refractivity contribution in [2.24, 2.45) is 5.92 Å². The second-order valence-corrected chi connectivity index (χ2v) is 9.77. The van der Waals surface area contributed by atoms with Gasteiger partial charge in [-0.3, -0.25) is 14.5 Å². The number of piperazine rings is 1. The van der Waals surface area contributed by atoms with Crippen molar-refractivity contribution in [3.63, 3.8) is 0 Å². The maximum absolute atomic E-state index is 12.8. The van der Waals surface area contributed by atoms with Gasteiger partial charge in [0.25, 0.3) is 0 Å². The van der Waals surface area contributed by atoms with E-state index in [9.17, 15) is 9.59 Å². The summed E-state index contributed by atoms with van der Waals surface area (Å²) in [4.78, 5) is 33.1. The summed E-state index contributed by atoms with van der Waals surface area (Å²) in [7, 11) is 1.67. The molecule has 178 valence electrons. The lowest BCUT2D eigenvalue weighted by molar-refractivity contribution is -0.133. The molecule has 7 nitrogen and oxygen atoms in total. The molecule has 0 saturated carbocycles. The predicted molar refractivity (Wildman–Crippen MR) is 132 cm³/mol. The standard InChI is InChI=1S/C25H34N4O3S/c1-32-22-6-4-21(5-7-22)28-14-16-29(17-15-28)24(30)19-27-12-9-20(10-13-27)25(31)26-11-8-23-3-2-18-33-23/h2-7,18,20H,8-17,19H2,1H3,(H,26,31). The number of rotatable bonds is 8. The summed E-state index contributed by atoms with van der Waals surface area (Å²) in [5, 5.41) is 5.15. The lowest BCUT2D eigenvalue weighted by atomic mass is 9.96. The van der Waals surface area contributed by atoms with Crippen LogP contribution in [-0.2, 0) is 16.0 Å². The van der Waals surface area contributed by atoms with E-state index in [1.165, 1.54) is 10.6 Å². The molecule has 1 N–H and O–H groups in total. The topological polar surface area (TPSA) is 65.1 Å². The van der Waals surface area contributed by atoms with Crippen molar-refractivity contribution in [2.45, 2.75) is 19.3 Å². The van der Waals surface area contributed by atoms with Crippen LogP contribution in [0.3, 0.4) is 0 Å². The van der Waals surface area contributed by atoms with Gasteiger partial charge in [-0.05, 0) is 68.1 Å². The summed E-state index contributed by atoms with van der Waals surface area (Å²) in [6.45, 7) is 5.93. The van der Waals surface area contributed by atoms with Crippen LogP contribution in [0.4, 0.5) is 5.69 Å². The van der Waals surface area contributed by atoms with Crippen molar-refractivity contribution in [2.75, 3.05) is 64.4 Å². The highest BCUT2D eigenvalue weighted by Crippen LogP contribution is 2.21. The van der Waals surface area contributed by atoms with E-state index in [1.807, 2.05) is 23.1 Å². The lowest BCUT2D eigenvalue weighted by Gasteiger charge is -2.38. The number of hydrogen-bond acceptors (Lipinski definition) is 6. The SMILES string of the molecule is COc1ccc(N2CCN(C(=O)CN3CCC(C(=O)NCCc4cccs4)CC3)CC2)cc1. The van der Waals surface area contributed by atoms with Crippen molar-refractivity contribution < 1.29 is 14.3 Å². The fourth-order valence-electron chi connectivity index (χ4n) is 4.56. The van der Waals surface area contributed by atoms with E-state index in [4.69, 9.17) is 4.74 Å². The molecule has 0 bridgehead atoms. The number of carbonyl (C=O) groups is 2. The monoisotopic (exact) mass is 470 g/mol. The molecule has 0 spiro atoms. The zero-order chi connectivity index (χ0) is 23.0. The van der Waals surface area contributed by atoms with E-state index < -0.39 is 0 Å². The Morgan fingerprint density at radius 1 is 1.03 bits per heavy atom. The van der Waals surface area contributed by atoms with Crippen molar-refractivity contribution in [3.05, 3.63) is 46.7 Å². The Morgan fingerprint density at radius 2 is 1.76 bits per heavy atom. The summed E-state index contributed by atoms with van der Waals surface area (Å²) in [6.07, 6.45) is 2.54. The third kappa shape index (κ3) is 6.48. The number of amides is 2. The maximum Gasteiger partial charge on any atom is 0.236 e. The second-order valence-electron chi connectivity index (χ2n) is 8.74. The van der Waals surface area contributed by atoms with Crippen LogP contribution in [0.2, 0.25) is 0 Å². The number of thiophene rings is 1. The van der Waals surface area contributed by atoms with Crippen LogP contribution in [0.5, 0.6) is 5.75 Å². The molecule has 2 aliphatic heterocycles. The quantitative estimate of drug-likeness (QED) is 0.642. The molecule has 2 aromatic rings. The first-order valence-corrected chi connectivity index (χ1v) is 12.7. The molecule has 0 aliphatic carbocycles. The zero-order valence-electron chi connectivity index (χ0n) is 19.4. The Kier molecular flexibility index (Phi) is 8.23. The summed E-state index contributed by atoms with van der Waals surface area (Å²) in [5.41, 5.74) is 1.17. The number of nitrogens with zero attached hydrogens (tertiary/aromatic N) is 3.